The minimum Gasteiger partial charge on any atom is -0.339 e. The molecule has 0 atom stereocenters. The maximum Gasteiger partial charge on any atom is 0.246 e. The van der Waals surface area contributed by atoms with Gasteiger partial charge in [-0.15, -0.1) is 0 Å². The van der Waals surface area contributed by atoms with E-state index in [4.69, 9.17) is 0 Å². The topological polar surface area (TPSA) is 40.6 Å². The second-order valence-corrected chi connectivity index (χ2v) is 7.32. The Morgan fingerprint density at radius 3 is 2.28 bits per heavy atom. The average Bonchev–Trinajstić information content (AvgIpc) is 2.64. The van der Waals surface area contributed by atoms with Crippen LogP contribution in [0, 0.1) is 0 Å². The van der Waals surface area contributed by atoms with Crippen LogP contribution in [-0.2, 0) is 9.59 Å². The van der Waals surface area contributed by atoms with Crippen LogP contribution in [0.1, 0.15) is 44.6 Å². The third-order valence-electron chi connectivity index (χ3n) is 4.48. The molecule has 1 heterocycles. The number of nitrogens with zero attached hydrogens (tertiary/aromatic N) is 2. The molecule has 25 heavy (non-hydrogen) atoms. The molecule has 1 aliphatic heterocycles. The molecule has 2 rings (SSSR count). The summed E-state index contributed by atoms with van der Waals surface area (Å²) in [5.74, 6) is 0.242. The van der Waals surface area contributed by atoms with Gasteiger partial charge in [0.25, 0.3) is 0 Å². The molecule has 1 aromatic carbocycles. The molecule has 0 radical (unpaired) electrons. The molecule has 1 aromatic rings. The van der Waals surface area contributed by atoms with Crippen LogP contribution in [0.5, 0.6) is 0 Å². The first-order valence-corrected chi connectivity index (χ1v) is 9.90. The van der Waals surface area contributed by atoms with Crippen LogP contribution in [0.3, 0.4) is 0 Å². The lowest BCUT2D eigenvalue weighted by atomic mass is 10.1. The van der Waals surface area contributed by atoms with E-state index in [0.717, 1.165) is 22.9 Å². The predicted molar refractivity (Wildman–Crippen MR) is 105 cm³/mol. The highest BCUT2D eigenvalue weighted by molar-refractivity contribution is 9.10. The monoisotopic (exact) mass is 406 g/mol. The lowest BCUT2D eigenvalue weighted by Crippen LogP contribution is -2.50. The van der Waals surface area contributed by atoms with E-state index in [-0.39, 0.29) is 11.8 Å². The van der Waals surface area contributed by atoms with Crippen molar-refractivity contribution in [3.8, 4) is 0 Å². The highest BCUT2D eigenvalue weighted by Gasteiger charge is 2.22. The molecular weight excluding hydrogens is 380 g/mol. The Hall–Kier alpha value is -1.62. The van der Waals surface area contributed by atoms with Crippen molar-refractivity contribution >= 4 is 33.8 Å². The molecule has 1 fully saturated rings. The van der Waals surface area contributed by atoms with Crippen molar-refractivity contribution < 1.29 is 9.59 Å². The zero-order valence-corrected chi connectivity index (χ0v) is 16.5. The highest BCUT2D eigenvalue weighted by Crippen LogP contribution is 2.12. The van der Waals surface area contributed by atoms with Gasteiger partial charge in [-0.2, -0.15) is 0 Å². The molecule has 1 aliphatic rings. The quantitative estimate of drug-likeness (QED) is 0.504. The van der Waals surface area contributed by atoms with Crippen LogP contribution < -0.4 is 0 Å². The summed E-state index contributed by atoms with van der Waals surface area (Å²) in [6.07, 6.45) is 8.56. The van der Waals surface area contributed by atoms with Gasteiger partial charge in [0.05, 0.1) is 0 Å². The van der Waals surface area contributed by atoms with Gasteiger partial charge in [-0.05, 0) is 30.2 Å². The van der Waals surface area contributed by atoms with Gasteiger partial charge >= 0.3 is 0 Å². The number of hydrogen-bond donors (Lipinski definition) is 0. The molecule has 2 amide bonds. The summed E-state index contributed by atoms with van der Waals surface area (Å²) in [5, 5.41) is 0. The molecule has 4 nitrogen and oxygen atoms in total. The van der Waals surface area contributed by atoms with Crippen molar-refractivity contribution in [1.29, 1.82) is 0 Å². The number of amides is 2. The van der Waals surface area contributed by atoms with E-state index in [2.05, 4.69) is 22.9 Å². The fourth-order valence-corrected chi connectivity index (χ4v) is 3.15. The summed E-state index contributed by atoms with van der Waals surface area (Å²) in [6.45, 7) is 4.69. The second kappa shape index (κ2) is 10.4. The van der Waals surface area contributed by atoms with Gasteiger partial charge in [-0.1, -0.05) is 54.2 Å². The zero-order valence-electron chi connectivity index (χ0n) is 14.9. The standard InChI is InChI=1S/C20H27BrN2O2/c1-2-3-4-5-6-19(24)22-13-15-23(16-14-22)20(25)12-9-17-7-10-18(21)11-8-17/h7-12H,2-6,13-16H2,1H3/b12-9+. The molecular formula is C20H27BrN2O2. The second-order valence-electron chi connectivity index (χ2n) is 6.40. The van der Waals surface area contributed by atoms with E-state index in [1.54, 1.807) is 6.08 Å². The van der Waals surface area contributed by atoms with Crippen LogP contribution in [0.4, 0.5) is 0 Å². The molecule has 0 unspecified atom stereocenters. The average molecular weight is 407 g/mol. The molecule has 1 saturated heterocycles. The number of unbranched alkanes of at least 4 members (excludes halogenated alkanes) is 3. The number of carbonyl (C=O) groups is 2. The van der Waals surface area contributed by atoms with Crippen molar-refractivity contribution in [2.45, 2.75) is 39.0 Å². The molecule has 0 aromatic heterocycles. The highest BCUT2D eigenvalue weighted by atomic mass is 79.9. The van der Waals surface area contributed by atoms with E-state index >= 15 is 0 Å². The van der Waals surface area contributed by atoms with E-state index in [9.17, 15) is 9.59 Å². The maximum atomic E-state index is 12.3. The molecule has 0 bridgehead atoms. The summed E-state index contributed by atoms with van der Waals surface area (Å²) < 4.78 is 1.02. The van der Waals surface area contributed by atoms with E-state index in [0.29, 0.717) is 32.6 Å². The number of piperazine rings is 1. The zero-order chi connectivity index (χ0) is 18.1. The number of rotatable bonds is 7. The SMILES string of the molecule is CCCCCCC(=O)N1CCN(C(=O)/C=C/c2ccc(Br)cc2)CC1. The first-order chi connectivity index (χ1) is 12.1. The molecule has 0 N–H and O–H groups in total. The fraction of sp³-hybridized carbons (Fsp3) is 0.500. The smallest absolute Gasteiger partial charge is 0.246 e. The first-order valence-electron chi connectivity index (χ1n) is 9.10. The van der Waals surface area contributed by atoms with Gasteiger partial charge in [0.1, 0.15) is 0 Å². The Morgan fingerprint density at radius 2 is 1.64 bits per heavy atom. The van der Waals surface area contributed by atoms with Crippen molar-refractivity contribution in [2.24, 2.45) is 0 Å². The van der Waals surface area contributed by atoms with Crippen LogP contribution in [0.2, 0.25) is 0 Å². The number of carbonyl (C=O) groups excluding carboxylic acids is 2. The lowest BCUT2D eigenvalue weighted by Gasteiger charge is -2.34. The summed E-state index contributed by atoms with van der Waals surface area (Å²) in [7, 11) is 0. The number of hydrogen-bond acceptors (Lipinski definition) is 2. The van der Waals surface area contributed by atoms with Gasteiger partial charge in [0.15, 0.2) is 0 Å². The molecule has 0 spiro atoms. The van der Waals surface area contributed by atoms with Crippen molar-refractivity contribution in [1.82, 2.24) is 9.80 Å². The Kier molecular flexibility index (Phi) is 8.19. The molecule has 0 aliphatic carbocycles. The van der Waals surface area contributed by atoms with E-state index < -0.39 is 0 Å². The Labute approximate surface area is 159 Å². The fourth-order valence-electron chi connectivity index (χ4n) is 2.88. The normalized spacial score (nSPS) is 15.0. The predicted octanol–water partition coefficient (Wildman–Crippen LogP) is 4.10. The van der Waals surface area contributed by atoms with Crippen molar-refractivity contribution in [3.05, 3.63) is 40.4 Å². The first kappa shape index (κ1) is 19.7. The van der Waals surface area contributed by atoms with Crippen molar-refractivity contribution in [2.75, 3.05) is 26.2 Å². The van der Waals surface area contributed by atoms with Gasteiger partial charge in [-0.3, -0.25) is 9.59 Å². The van der Waals surface area contributed by atoms with Crippen molar-refractivity contribution in [3.63, 3.8) is 0 Å². The van der Waals surface area contributed by atoms with Crippen LogP contribution in [0.25, 0.3) is 6.08 Å². The van der Waals surface area contributed by atoms with Gasteiger partial charge in [0.2, 0.25) is 11.8 Å². The third kappa shape index (κ3) is 6.65. The lowest BCUT2D eigenvalue weighted by molar-refractivity contribution is -0.137. The van der Waals surface area contributed by atoms with Crippen LogP contribution in [0.15, 0.2) is 34.8 Å². The Bertz CT molecular complexity index is 590. The molecule has 5 heteroatoms. The van der Waals surface area contributed by atoms with Crippen LogP contribution in [-0.4, -0.2) is 47.8 Å². The summed E-state index contributed by atoms with van der Waals surface area (Å²) in [4.78, 5) is 28.2. The molecule has 136 valence electrons. The van der Waals surface area contributed by atoms with Gasteiger partial charge < -0.3 is 9.80 Å². The number of benzene rings is 1. The largest absolute Gasteiger partial charge is 0.339 e. The summed E-state index contributed by atoms with van der Waals surface area (Å²) >= 11 is 3.40. The third-order valence-corrected chi connectivity index (χ3v) is 5.01. The van der Waals surface area contributed by atoms with Crippen LogP contribution >= 0.6 is 15.9 Å². The van der Waals surface area contributed by atoms with Gasteiger partial charge in [-0.25, -0.2) is 0 Å². The Balaban J connectivity index is 1.74. The maximum absolute atomic E-state index is 12.3. The van der Waals surface area contributed by atoms with E-state index in [1.165, 1.54) is 12.8 Å². The summed E-state index contributed by atoms with van der Waals surface area (Å²) in [5.41, 5.74) is 0.998. The van der Waals surface area contributed by atoms with Gasteiger partial charge in [0, 0.05) is 43.1 Å². The minimum atomic E-state index is 0.0120. The summed E-state index contributed by atoms with van der Waals surface area (Å²) in [6, 6.07) is 7.83. The number of halogens is 1. The minimum absolute atomic E-state index is 0.0120. The van der Waals surface area contributed by atoms with E-state index in [1.807, 2.05) is 40.1 Å². The Morgan fingerprint density at radius 1 is 1.00 bits per heavy atom. The molecule has 0 saturated carbocycles.